The van der Waals surface area contributed by atoms with E-state index >= 15 is 0 Å². The van der Waals surface area contributed by atoms with E-state index < -0.39 is 38.7 Å². The average molecular weight is 449 g/mol. The van der Waals surface area contributed by atoms with Gasteiger partial charge in [0.05, 0.1) is 22.5 Å². The van der Waals surface area contributed by atoms with Crippen LogP contribution >= 0.6 is 11.6 Å². The average Bonchev–Trinajstić information content (AvgIpc) is 2.62. The van der Waals surface area contributed by atoms with Gasteiger partial charge in [-0.05, 0) is 37.1 Å². The number of nitrogens with one attached hydrogen (secondary N) is 1. The van der Waals surface area contributed by atoms with E-state index in [2.05, 4.69) is 5.32 Å². The van der Waals surface area contributed by atoms with E-state index in [-0.39, 0.29) is 12.2 Å². The van der Waals surface area contributed by atoms with Crippen molar-refractivity contribution in [2.24, 2.45) is 0 Å². The Labute approximate surface area is 172 Å². The highest BCUT2D eigenvalue weighted by molar-refractivity contribution is 7.92. The molecule has 1 amide bonds. The molecule has 0 fully saturated rings. The van der Waals surface area contributed by atoms with Crippen molar-refractivity contribution in [3.63, 3.8) is 0 Å². The predicted octanol–water partition coefficient (Wildman–Crippen LogP) is 3.87. The van der Waals surface area contributed by atoms with Crippen molar-refractivity contribution in [2.75, 3.05) is 17.1 Å². The Morgan fingerprint density at radius 2 is 1.79 bits per heavy atom. The van der Waals surface area contributed by atoms with Crippen LogP contribution in [0.1, 0.15) is 18.1 Å². The van der Waals surface area contributed by atoms with Crippen LogP contribution in [0.15, 0.2) is 48.5 Å². The van der Waals surface area contributed by atoms with Crippen molar-refractivity contribution in [3.05, 3.63) is 64.7 Å². The highest BCUT2D eigenvalue weighted by Crippen LogP contribution is 2.37. The summed E-state index contributed by atoms with van der Waals surface area (Å²) in [7, 11) is -4.05. The molecule has 1 N–H and O–H groups in total. The molecule has 0 unspecified atom stereocenters. The number of alkyl halides is 3. The molecule has 0 saturated carbocycles. The van der Waals surface area contributed by atoms with Crippen LogP contribution in [0.5, 0.6) is 0 Å². The van der Waals surface area contributed by atoms with E-state index in [4.69, 9.17) is 11.6 Å². The van der Waals surface area contributed by atoms with Gasteiger partial charge < -0.3 is 5.32 Å². The monoisotopic (exact) mass is 448 g/mol. The van der Waals surface area contributed by atoms with Crippen molar-refractivity contribution in [1.82, 2.24) is 5.32 Å². The van der Waals surface area contributed by atoms with E-state index in [0.717, 1.165) is 24.0 Å². The number of amides is 1. The minimum absolute atomic E-state index is 0.249. The Balaban J connectivity index is 2.23. The minimum atomic E-state index is -4.77. The summed E-state index contributed by atoms with van der Waals surface area (Å²) in [6, 6.07) is 10.8. The van der Waals surface area contributed by atoms with Gasteiger partial charge in [0, 0.05) is 6.54 Å². The van der Waals surface area contributed by atoms with E-state index in [0.29, 0.717) is 16.8 Å². The molecule has 0 spiro atoms. The number of nitrogens with zero attached hydrogens (tertiary/aromatic N) is 1. The second-order valence-electron chi connectivity index (χ2n) is 6.42. The lowest BCUT2D eigenvalue weighted by atomic mass is 10.1. The Bertz CT molecular complexity index is 966. The lowest BCUT2D eigenvalue weighted by Gasteiger charge is -2.29. The van der Waals surface area contributed by atoms with Gasteiger partial charge >= 0.3 is 6.18 Å². The van der Waals surface area contributed by atoms with E-state index in [1.54, 1.807) is 0 Å². The van der Waals surface area contributed by atoms with Crippen LogP contribution in [0.4, 0.5) is 18.9 Å². The summed E-state index contributed by atoms with van der Waals surface area (Å²) in [6.45, 7) is 1.56. The molecule has 0 aliphatic rings. The number of hydrogen-bond acceptors (Lipinski definition) is 3. The van der Waals surface area contributed by atoms with Crippen LogP contribution < -0.4 is 9.62 Å². The maximum atomic E-state index is 13.1. The van der Waals surface area contributed by atoms with Crippen LogP contribution in [-0.4, -0.2) is 33.2 Å². The lowest BCUT2D eigenvalue weighted by molar-refractivity contribution is -0.137. The molecule has 2 aromatic carbocycles. The van der Waals surface area contributed by atoms with Gasteiger partial charge in [0.2, 0.25) is 15.9 Å². The van der Waals surface area contributed by atoms with Crippen LogP contribution in [-0.2, 0) is 27.4 Å². The Hall–Kier alpha value is -2.26. The fraction of sp³-hybridized carbons (Fsp3) is 0.316. The molecule has 0 bridgehead atoms. The quantitative estimate of drug-likeness (QED) is 0.699. The zero-order valence-corrected chi connectivity index (χ0v) is 17.3. The molecule has 0 aliphatic heterocycles. The molecule has 29 heavy (non-hydrogen) atoms. The number of sulfonamides is 1. The van der Waals surface area contributed by atoms with Gasteiger partial charge in [0.1, 0.15) is 6.04 Å². The largest absolute Gasteiger partial charge is 0.417 e. The molecule has 1 atom stereocenters. The standard InChI is InChI=1S/C19H20ClF3N2O3S/c1-13(18(26)24-11-10-14-6-4-3-5-7-14)25(29(2,27)28)15-8-9-17(20)16(12-15)19(21,22)23/h3-9,12-13H,10-11H2,1-2H3,(H,24,26)/t13-/m1/s1. The molecule has 0 aromatic heterocycles. The van der Waals surface area contributed by atoms with E-state index in [9.17, 15) is 26.4 Å². The highest BCUT2D eigenvalue weighted by atomic mass is 35.5. The van der Waals surface area contributed by atoms with Crippen molar-refractivity contribution < 1.29 is 26.4 Å². The molecule has 10 heteroatoms. The fourth-order valence-corrected chi connectivity index (χ4v) is 4.19. The summed E-state index contributed by atoms with van der Waals surface area (Å²) in [5, 5.41) is 2.06. The van der Waals surface area contributed by atoms with Crippen molar-refractivity contribution in [3.8, 4) is 0 Å². The van der Waals surface area contributed by atoms with Gasteiger partial charge in [-0.2, -0.15) is 13.2 Å². The van der Waals surface area contributed by atoms with Gasteiger partial charge in [-0.25, -0.2) is 8.42 Å². The summed E-state index contributed by atoms with van der Waals surface area (Å²) < 4.78 is 64.6. The van der Waals surface area contributed by atoms with E-state index in [1.165, 1.54) is 6.92 Å². The SMILES string of the molecule is C[C@H](C(=O)NCCc1ccccc1)N(c1ccc(Cl)c(C(F)(F)F)c1)S(C)(=O)=O. The number of carbonyl (C=O) groups excluding carboxylic acids is 1. The Morgan fingerprint density at radius 1 is 1.17 bits per heavy atom. The molecular weight excluding hydrogens is 429 g/mol. The normalized spacial score (nSPS) is 13.0. The number of carbonyl (C=O) groups is 1. The van der Waals surface area contributed by atoms with Gasteiger partial charge in [0.15, 0.2) is 0 Å². The second kappa shape index (κ2) is 9.04. The van der Waals surface area contributed by atoms with Crippen molar-refractivity contribution in [1.29, 1.82) is 0 Å². The van der Waals surface area contributed by atoms with Gasteiger partial charge in [0.25, 0.3) is 0 Å². The van der Waals surface area contributed by atoms with Crippen LogP contribution in [0, 0.1) is 0 Å². The molecule has 158 valence electrons. The molecule has 5 nitrogen and oxygen atoms in total. The summed E-state index contributed by atoms with van der Waals surface area (Å²) in [5.74, 6) is -0.630. The topological polar surface area (TPSA) is 66.5 Å². The molecule has 0 saturated heterocycles. The van der Waals surface area contributed by atoms with E-state index in [1.807, 2.05) is 30.3 Å². The third-order valence-electron chi connectivity index (χ3n) is 4.15. The van der Waals surface area contributed by atoms with Crippen LogP contribution in [0.3, 0.4) is 0 Å². The van der Waals surface area contributed by atoms with Crippen molar-refractivity contribution >= 4 is 33.2 Å². The van der Waals surface area contributed by atoms with Crippen LogP contribution in [0.25, 0.3) is 0 Å². The highest BCUT2D eigenvalue weighted by Gasteiger charge is 2.36. The van der Waals surface area contributed by atoms with Crippen LogP contribution in [0.2, 0.25) is 5.02 Å². The third kappa shape index (κ3) is 6.11. The molecule has 0 radical (unpaired) electrons. The Kier molecular flexibility index (Phi) is 7.18. The van der Waals surface area contributed by atoms with Gasteiger partial charge in [-0.3, -0.25) is 9.10 Å². The number of halogens is 4. The first-order chi connectivity index (χ1) is 13.4. The zero-order chi connectivity index (χ0) is 21.8. The number of hydrogen-bond donors (Lipinski definition) is 1. The molecule has 0 heterocycles. The first-order valence-corrected chi connectivity index (χ1v) is 10.8. The maximum absolute atomic E-state index is 13.1. The molecule has 2 aromatic rings. The first-order valence-electron chi connectivity index (χ1n) is 8.59. The number of benzene rings is 2. The summed E-state index contributed by atoms with van der Waals surface area (Å²) in [4.78, 5) is 12.5. The minimum Gasteiger partial charge on any atom is -0.354 e. The maximum Gasteiger partial charge on any atom is 0.417 e. The Morgan fingerprint density at radius 3 is 2.34 bits per heavy atom. The molecule has 2 rings (SSSR count). The number of anilines is 1. The third-order valence-corrected chi connectivity index (χ3v) is 5.73. The molecular formula is C19H20ClF3N2O3S. The molecule has 0 aliphatic carbocycles. The lowest BCUT2D eigenvalue weighted by Crippen LogP contribution is -2.48. The smallest absolute Gasteiger partial charge is 0.354 e. The summed E-state index contributed by atoms with van der Waals surface area (Å²) in [6.07, 6.45) is -3.42. The second-order valence-corrected chi connectivity index (χ2v) is 8.69. The summed E-state index contributed by atoms with van der Waals surface area (Å²) in [5.41, 5.74) is -0.495. The number of rotatable bonds is 7. The zero-order valence-electron chi connectivity index (χ0n) is 15.7. The van der Waals surface area contributed by atoms with Gasteiger partial charge in [-0.15, -0.1) is 0 Å². The van der Waals surface area contributed by atoms with Crippen molar-refractivity contribution in [2.45, 2.75) is 25.6 Å². The first kappa shape index (κ1) is 23.0. The van der Waals surface area contributed by atoms with Gasteiger partial charge in [-0.1, -0.05) is 41.9 Å². The summed E-state index contributed by atoms with van der Waals surface area (Å²) >= 11 is 5.60. The predicted molar refractivity (Wildman–Crippen MR) is 106 cm³/mol. The fourth-order valence-electron chi connectivity index (χ4n) is 2.80.